The highest BCUT2D eigenvalue weighted by atomic mass is 35.5. The topological polar surface area (TPSA) is 38.8 Å². The minimum Gasteiger partial charge on any atom is -0.412 e. The van der Waals surface area contributed by atoms with E-state index in [1.54, 1.807) is 12.1 Å². The molecule has 1 fully saturated rings. The maximum Gasteiger partial charge on any atom is 0.409 e. The summed E-state index contributed by atoms with van der Waals surface area (Å²) in [6.45, 7) is 2.94. The lowest BCUT2D eigenvalue weighted by atomic mass is 10.2. The van der Waals surface area contributed by atoms with Crippen molar-refractivity contribution >= 4 is 22.7 Å². The Morgan fingerprint density at radius 1 is 1.31 bits per heavy atom. The lowest BCUT2D eigenvalue weighted by Gasteiger charge is -2.29. The van der Waals surface area contributed by atoms with Crippen LogP contribution in [0.25, 0.3) is 0 Å². The molecule has 1 aliphatic heterocycles. The molecule has 0 N–H and O–H groups in total. The molecular weight excluding hydrogens is 230 g/mol. The molecule has 16 heavy (non-hydrogen) atoms. The third-order valence-corrected chi connectivity index (χ3v) is 2.48. The Hall–Kier alpha value is -1.26. The number of hydrogen-bond acceptors (Lipinski definition) is 4. The number of ether oxygens (including phenoxy) is 2. The zero-order chi connectivity index (χ0) is 11.4. The summed E-state index contributed by atoms with van der Waals surface area (Å²) in [4.78, 5) is 12.9. The van der Waals surface area contributed by atoms with Crippen molar-refractivity contribution < 1.29 is 14.3 Å². The van der Waals surface area contributed by atoms with Gasteiger partial charge in [-0.3, -0.25) is 0 Å². The van der Waals surface area contributed by atoms with Crippen molar-refractivity contribution in [2.45, 2.75) is 0 Å². The number of rotatable bonds is 2. The summed E-state index contributed by atoms with van der Waals surface area (Å²) < 4.78 is 10.2. The van der Waals surface area contributed by atoms with Gasteiger partial charge in [0.05, 0.1) is 18.9 Å². The number of benzene rings is 1. The lowest BCUT2D eigenvalue weighted by molar-refractivity contribution is 0.122. The van der Waals surface area contributed by atoms with Crippen LogP contribution in [0.5, 0.6) is 5.75 Å². The van der Waals surface area contributed by atoms with E-state index in [2.05, 4.69) is 4.90 Å². The van der Waals surface area contributed by atoms with Gasteiger partial charge in [0, 0.05) is 24.7 Å². The Labute approximate surface area is 98.7 Å². The number of anilines is 1. The summed E-state index contributed by atoms with van der Waals surface area (Å²) in [6.07, 6.45) is 0. The number of morpholine rings is 1. The van der Waals surface area contributed by atoms with E-state index in [4.69, 9.17) is 21.1 Å². The summed E-state index contributed by atoms with van der Waals surface area (Å²) in [5.41, 5.74) is 0.0560. The molecule has 0 aliphatic carbocycles. The monoisotopic (exact) mass is 241 g/mol. The molecule has 1 aromatic rings. The van der Waals surface area contributed by atoms with Crippen LogP contribution in [0.4, 0.5) is 10.5 Å². The Morgan fingerprint density at radius 2 is 2.00 bits per heavy atom. The molecule has 1 aromatic carbocycles. The fourth-order valence-electron chi connectivity index (χ4n) is 1.70. The molecule has 0 unspecified atom stereocenters. The predicted octanol–water partition coefficient (Wildman–Crippen LogP) is 2.26. The van der Waals surface area contributed by atoms with Crippen LogP contribution in [-0.4, -0.2) is 31.7 Å². The Morgan fingerprint density at radius 3 is 2.69 bits per heavy atom. The first-order chi connectivity index (χ1) is 7.77. The smallest absolute Gasteiger partial charge is 0.409 e. The van der Waals surface area contributed by atoms with Crippen LogP contribution < -0.4 is 9.64 Å². The Balaban J connectivity index is 2.20. The van der Waals surface area contributed by atoms with E-state index < -0.39 is 5.43 Å². The standard InChI is InChI=1S/C11H12ClNO3/c12-11(14)16-10-4-2-1-3-9(10)13-5-7-15-8-6-13/h1-4H,5-8H2. The maximum absolute atomic E-state index is 10.7. The molecule has 5 heteroatoms. The predicted molar refractivity (Wildman–Crippen MR) is 61.4 cm³/mol. The number of carbonyl (C=O) groups excluding carboxylic acids is 1. The van der Waals surface area contributed by atoms with E-state index in [-0.39, 0.29) is 0 Å². The molecule has 2 rings (SSSR count). The Bertz CT molecular complexity index is 377. The van der Waals surface area contributed by atoms with Gasteiger partial charge in [-0.15, -0.1) is 0 Å². The van der Waals surface area contributed by atoms with Gasteiger partial charge < -0.3 is 14.4 Å². The van der Waals surface area contributed by atoms with Crippen molar-refractivity contribution in [3.05, 3.63) is 24.3 Å². The van der Waals surface area contributed by atoms with E-state index in [1.807, 2.05) is 12.1 Å². The fraction of sp³-hybridized carbons (Fsp3) is 0.364. The highest BCUT2D eigenvalue weighted by molar-refractivity contribution is 6.61. The second-order valence-electron chi connectivity index (χ2n) is 3.41. The van der Waals surface area contributed by atoms with Crippen molar-refractivity contribution in [1.82, 2.24) is 0 Å². The van der Waals surface area contributed by atoms with Crippen molar-refractivity contribution in [2.75, 3.05) is 31.2 Å². The number of para-hydroxylation sites is 2. The van der Waals surface area contributed by atoms with E-state index in [0.29, 0.717) is 19.0 Å². The number of hydrogen-bond donors (Lipinski definition) is 0. The van der Waals surface area contributed by atoms with E-state index in [0.717, 1.165) is 18.8 Å². The molecule has 0 bridgehead atoms. The SMILES string of the molecule is O=C(Cl)Oc1ccccc1N1CCOCC1. The van der Waals surface area contributed by atoms with Gasteiger partial charge >= 0.3 is 5.43 Å². The summed E-state index contributed by atoms with van der Waals surface area (Å²) >= 11 is 5.22. The highest BCUT2D eigenvalue weighted by Crippen LogP contribution is 2.28. The Kier molecular flexibility index (Phi) is 3.64. The molecule has 0 spiro atoms. The zero-order valence-electron chi connectivity index (χ0n) is 8.69. The van der Waals surface area contributed by atoms with Crippen LogP contribution >= 0.6 is 11.6 Å². The molecule has 0 atom stereocenters. The third-order valence-electron chi connectivity index (χ3n) is 2.41. The number of nitrogens with zero attached hydrogens (tertiary/aromatic N) is 1. The van der Waals surface area contributed by atoms with Crippen LogP contribution in [0.2, 0.25) is 0 Å². The average molecular weight is 242 g/mol. The molecule has 0 amide bonds. The summed E-state index contributed by atoms with van der Waals surface area (Å²) in [5, 5.41) is 0. The molecular formula is C11H12ClNO3. The van der Waals surface area contributed by atoms with Gasteiger partial charge in [-0.25, -0.2) is 4.79 Å². The van der Waals surface area contributed by atoms with Crippen LogP contribution in [0, 0.1) is 0 Å². The van der Waals surface area contributed by atoms with E-state index in [1.165, 1.54) is 0 Å². The first-order valence-electron chi connectivity index (χ1n) is 5.06. The molecule has 1 aliphatic rings. The minimum atomic E-state index is -0.819. The molecule has 4 nitrogen and oxygen atoms in total. The van der Waals surface area contributed by atoms with Gasteiger partial charge in [0.25, 0.3) is 0 Å². The van der Waals surface area contributed by atoms with Crippen LogP contribution in [0.15, 0.2) is 24.3 Å². The molecule has 0 aromatic heterocycles. The molecule has 1 saturated heterocycles. The summed E-state index contributed by atoms with van der Waals surface area (Å²) in [7, 11) is 0. The van der Waals surface area contributed by atoms with Gasteiger partial charge in [-0.05, 0) is 12.1 Å². The van der Waals surface area contributed by atoms with Crippen molar-refractivity contribution in [3.63, 3.8) is 0 Å². The number of carbonyl (C=O) groups is 1. The second kappa shape index (κ2) is 5.18. The first-order valence-corrected chi connectivity index (χ1v) is 5.44. The third kappa shape index (κ3) is 2.65. The summed E-state index contributed by atoms with van der Waals surface area (Å²) in [5.74, 6) is 0.490. The van der Waals surface area contributed by atoms with E-state index in [9.17, 15) is 4.79 Å². The quantitative estimate of drug-likeness (QED) is 0.745. The van der Waals surface area contributed by atoms with Gasteiger partial charge in [0.2, 0.25) is 0 Å². The number of halogens is 1. The second-order valence-corrected chi connectivity index (χ2v) is 3.72. The normalized spacial score (nSPS) is 15.9. The fourth-order valence-corrected chi connectivity index (χ4v) is 1.78. The van der Waals surface area contributed by atoms with Crippen molar-refractivity contribution in [1.29, 1.82) is 0 Å². The van der Waals surface area contributed by atoms with Crippen LogP contribution in [-0.2, 0) is 4.74 Å². The van der Waals surface area contributed by atoms with Crippen molar-refractivity contribution in [3.8, 4) is 5.75 Å². The van der Waals surface area contributed by atoms with Gasteiger partial charge in [0.1, 0.15) is 0 Å². The molecule has 1 heterocycles. The van der Waals surface area contributed by atoms with Crippen molar-refractivity contribution in [2.24, 2.45) is 0 Å². The van der Waals surface area contributed by atoms with Crippen LogP contribution in [0.3, 0.4) is 0 Å². The molecule has 86 valence electrons. The molecule has 0 radical (unpaired) electrons. The average Bonchev–Trinajstić information content (AvgIpc) is 2.30. The maximum atomic E-state index is 10.7. The molecule has 0 saturated carbocycles. The zero-order valence-corrected chi connectivity index (χ0v) is 9.44. The van der Waals surface area contributed by atoms with Gasteiger partial charge in [0.15, 0.2) is 5.75 Å². The largest absolute Gasteiger partial charge is 0.412 e. The first kappa shape index (κ1) is 11.2. The minimum absolute atomic E-state index is 0.490. The highest BCUT2D eigenvalue weighted by Gasteiger charge is 2.16. The summed E-state index contributed by atoms with van der Waals surface area (Å²) in [6, 6.07) is 7.33. The van der Waals surface area contributed by atoms with Gasteiger partial charge in [-0.2, -0.15) is 0 Å². The lowest BCUT2D eigenvalue weighted by Crippen LogP contribution is -2.36. The van der Waals surface area contributed by atoms with E-state index >= 15 is 0 Å². The van der Waals surface area contributed by atoms with Gasteiger partial charge in [-0.1, -0.05) is 12.1 Å². The van der Waals surface area contributed by atoms with Crippen LogP contribution in [0.1, 0.15) is 0 Å².